The Bertz CT molecular complexity index is 395. The quantitative estimate of drug-likeness (QED) is 0.625. The molecule has 0 radical (unpaired) electrons. The second-order valence-corrected chi connectivity index (χ2v) is 4.30. The number of ether oxygens (including phenoxy) is 1. The molecule has 3 unspecified atom stereocenters. The van der Waals surface area contributed by atoms with Gasteiger partial charge in [-0.1, -0.05) is 0 Å². The van der Waals surface area contributed by atoms with Crippen molar-refractivity contribution in [3.63, 3.8) is 0 Å². The fourth-order valence-electron chi connectivity index (χ4n) is 2.37. The number of amides is 1. The third kappa shape index (κ3) is 1.76. The summed E-state index contributed by atoms with van der Waals surface area (Å²) in [5.41, 5.74) is 0.448. The molecule has 1 amide bonds. The Balaban J connectivity index is 1.73. The average Bonchev–Trinajstić information content (AvgIpc) is 2.94. The van der Waals surface area contributed by atoms with Gasteiger partial charge in [0.15, 0.2) is 6.17 Å². The first kappa shape index (κ1) is 10.8. The number of aliphatic hydroxyl groups is 1. The highest BCUT2D eigenvalue weighted by Gasteiger charge is 2.41. The maximum atomic E-state index is 11.5. The monoisotopic (exact) mass is 238 g/mol. The Labute approximate surface area is 98.2 Å². The lowest BCUT2D eigenvalue weighted by Gasteiger charge is -2.28. The van der Waals surface area contributed by atoms with Crippen molar-refractivity contribution in [1.29, 1.82) is 0 Å². The van der Waals surface area contributed by atoms with Gasteiger partial charge in [0, 0.05) is 0 Å². The summed E-state index contributed by atoms with van der Waals surface area (Å²) >= 11 is 0. The fraction of sp³-hybridized carbons (Fsp3) is 0.700. The molecule has 92 valence electrons. The summed E-state index contributed by atoms with van der Waals surface area (Å²) in [7, 11) is 0. The van der Waals surface area contributed by atoms with E-state index in [4.69, 9.17) is 9.84 Å². The molecule has 7 nitrogen and oxygen atoms in total. The van der Waals surface area contributed by atoms with Crippen LogP contribution in [-0.2, 0) is 9.53 Å². The molecule has 3 heterocycles. The molecule has 1 fully saturated rings. The fourth-order valence-corrected chi connectivity index (χ4v) is 2.37. The van der Waals surface area contributed by atoms with E-state index in [1.54, 1.807) is 0 Å². The number of aliphatic hydroxyl groups excluding tert-OH is 1. The molecule has 3 rings (SSSR count). The number of hydrogen-bond donors (Lipinski definition) is 2. The molecule has 3 aliphatic heterocycles. The van der Waals surface area contributed by atoms with Gasteiger partial charge in [0.1, 0.15) is 11.9 Å². The van der Waals surface area contributed by atoms with E-state index in [2.05, 4.69) is 15.3 Å². The molecule has 7 heteroatoms. The number of rotatable bonds is 2. The van der Waals surface area contributed by atoms with Gasteiger partial charge in [0.05, 0.1) is 25.7 Å². The zero-order valence-electron chi connectivity index (χ0n) is 9.24. The molecule has 2 N–H and O–H groups in total. The van der Waals surface area contributed by atoms with Crippen LogP contribution in [0.4, 0.5) is 0 Å². The van der Waals surface area contributed by atoms with Gasteiger partial charge in [-0.05, 0) is 12.8 Å². The Hall–Kier alpha value is -1.31. The summed E-state index contributed by atoms with van der Waals surface area (Å²) in [5, 5.41) is 11.6. The number of aliphatic imine (C=N–C) groups is 2. The minimum atomic E-state index is -0.328. The molecule has 0 aromatic carbocycles. The highest BCUT2D eigenvalue weighted by atomic mass is 16.5. The van der Waals surface area contributed by atoms with Crippen molar-refractivity contribution in [3.8, 4) is 0 Å². The van der Waals surface area contributed by atoms with Crippen LogP contribution in [0.2, 0.25) is 0 Å². The first-order valence-corrected chi connectivity index (χ1v) is 5.68. The topological polar surface area (TPSA) is 86.5 Å². The van der Waals surface area contributed by atoms with Crippen LogP contribution < -0.4 is 5.32 Å². The standard InChI is InChI=1S/C10H14N4O3/c15-3-6-1-2-7(17-6)14-5-13-8-9(14)11-4-12-10(8)16/h4,6-7,9,15H,1-3,5H2,(H,11,12,16). The summed E-state index contributed by atoms with van der Waals surface area (Å²) < 4.78 is 5.68. The maximum Gasteiger partial charge on any atom is 0.274 e. The summed E-state index contributed by atoms with van der Waals surface area (Å²) in [5.74, 6) is -0.191. The van der Waals surface area contributed by atoms with Crippen LogP contribution in [0.25, 0.3) is 0 Å². The van der Waals surface area contributed by atoms with Gasteiger partial charge in [-0.15, -0.1) is 0 Å². The summed E-state index contributed by atoms with van der Waals surface area (Å²) in [6.07, 6.45) is 2.53. The molecule has 0 aromatic rings. The molecule has 0 spiro atoms. The van der Waals surface area contributed by atoms with Crippen LogP contribution in [0, 0.1) is 0 Å². The number of carbonyl (C=O) groups excluding carboxylic acids is 1. The molecule has 0 aliphatic carbocycles. The lowest BCUT2D eigenvalue weighted by atomic mass is 10.2. The average molecular weight is 238 g/mol. The smallest absolute Gasteiger partial charge is 0.274 e. The van der Waals surface area contributed by atoms with Crippen molar-refractivity contribution in [1.82, 2.24) is 10.2 Å². The van der Waals surface area contributed by atoms with Gasteiger partial charge < -0.3 is 15.2 Å². The number of hydrogen-bond acceptors (Lipinski definition) is 6. The second-order valence-electron chi connectivity index (χ2n) is 4.30. The first-order chi connectivity index (χ1) is 8.29. The molecule has 1 saturated heterocycles. The lowest BCUT2D eigenvalue weighted by Crippen LogP contribution is -2.49. The molecular formula is C10H14N4O3. The zero-order chi connectivity index (χ0) is 11.8. The van der Waals surface area contributed by atoms with Crippen LogP contribution in [0.3, 0.4) is 0 Å². The van der Waals surface area contributed by atoms with Crippen molar-refractivity contribution in [2.75, 3.05) is 13.3 Å². The lowest BCUT2D eigenvalue weighted by molar-refractivity contribution is -0.114. The second kappa shape index (κ2) is 4.17. The molecule has 0 bridgehead atoms. The van der Waals surface area contributed by atoms with E-state index >= 15 is 0 Å². The number of carbonyl (C=O) groups is 1. The van der Waals surface area contributed by atoms with E-state index < -0.39 is 0 Å². The maximum absolute atomic E-state index is 11.5. The number of nitrogens with zero attached hydrogens (tertiary/aromatic N) is 3. The van der Waals surface area contributed by atoms with Gasteiger partial charge in [0.2, 0.25) is 0 Å². The van der Waals surface area contributed by atoms with Gasteiger partial charge in [-0.2, -0.15) is 0 Å². The van der Waals surface area contributed by atoms with E-state index in [1.807, 2.05) is 4.90 Å². The van der Waals surface area contributed by atoms with E-state index in [0.29, 0.717) is 12.4 Å². The van der Waals surface area contributed by atoms with E-state index in [1.165, 1.54) is 6.34 Å². The minimum absolute atomic E-state index is 0.0342. The predicted octanol–water partition coefficient (Wildman–Crippen LogP) is -1.32. The zero-order valence-corrected chi connectivity index (χ0v) is 9.24. The third-order valence-electron chi connectivity index (χ3n) is 3.27. The van der Waals surface area contributed by atoms with Crippen LogP contribution >= 0.6 is 0 Å². The van der Waals surface area contributed by atoms with E-state index in [0.717, 1.165) is 12.8 Å². The van der Waals surface area contributed by atoms with Gasteiger partial charge in [0.25, 0.3) is 5.91 Å². The summed E-state index contributed by atoms with van der Waals surface area (Å²) in [4.78, 5) is 21.9. The van der Waals surface area contributed by atoms with Gasteiger partial charge in [-0.3, -0.25) is 9.79 Å². The van der Waals surface area contributed by atoms with Crippen molar-refractivity contribution in [3.05, 3.63) is 0 Å². The van der Waals surface area contributed by atoms with Crippen LogP contribution in [-0.4, -0.2) is 59.7 Å². The molecule has 3 aliphatic rings. The Morgan fingerprint density at radius 3 is 3.24 bits per heavy atom. The molecule has 0 saturated carbocycles. The normalized spacial score (nSPS) is 36.9. The summed E-state index contributed by atoms with van der Waals surface area (Å²) in [6.45, 7) is 0.458. The van der Waals surface area contributed by atoms with E-state index in [-0.39, 0.29) is 31.0 Å². The molecule has 17 heavy (non-hydrogen) atoms. The van der Waals surface area contributed by atoms with Gasteiger partial charge >= 0.3 is 0 Å². The Morgan fingerprint density at radius 1 is 1.59 bits per heavy atom. The Morgan fingerprint density at radius 2 is 2.47 bits per heavy atom. The number of nitrogens with one attached hydrogen (secondary N) is 1. The van der Waals surface area contributed by atoms with Crippen LogP contribution in [0.15, 0.2) is 9.98 Å². The third-order valence-corrected chi connectivity index (χ3v) is 3.27. The van der Waals surface area contributed by atoms with E-state index in [9.17, 15) is 4.79 Å². The van der Waals surface area contributed by atoms with Crippen molar-refractivity contribution in [2.45, 2.75) is 31.3 Å². The van der Waals surface area contributed by atoms with Crippen LogP contribution in [0.5, 0.6) is 0 Å². The molecule has 0 aromatic heterocycles. The predicted molar refractivity (Wildman–Crippen MR) is 59.5 cm³/mol. The SMILES string of the molecule is O=C1NC=NC2C1=NCN2C1CCC(CO)O1. The molecule has 3 atom stereocenters. The van der Waals surface area contributed by atoms with Crippen LogP contribution in [0.1, 0.15) is 12.8 Å². The minimum Gasteiger partial charge on any atom is -0.394 e. The van der Waals surface area contributed by atoms with Crippen molar-refractivity contribution in [2.24, 2.45) is 9.98 Å². The number of fused-ring (bicyclic) bond motifs is 1. The first-order valence-electron chi connectivity index (χ1n) is 5.68. The van der Waals surface area contributed by atoms with Gasteiger partial charge in [-0.25, -0.2) is 9.89 Å². The van der Waals surface area contributed by atoms with Crippen molar-refractivity contribution >= 4 is 18.0 Å². The summed E-state index contributed by atoms with van der Waals surface area (Å²) in [6, 6.07) is 0. The van der Waals surface area contributed by atoms with Crippen molar-refractivity contribution < 1.29 is 14.6 Å². The highest BCUT2D eigenvalue weighted by Crippen LogP contribution is 2.27. The highest BCUT2D eigenvalue weighted by molar-refractivity contribution is 6.43. The largest absolute Gasteiger partial charge is 0.394 e. The molecular weight excluding hydrogens is 224 g/mol. The Kier molecular flexibility index (Phi) is 2.65.